The Labute approximate surface area is 92.6 Å². The number of aromatic hydroxyl groups is 1. The Kier molecular flexibility index (Phi) is 2.60. The minimum Gasteiger partial charge on any atom is -0.507 e. The van der Waals surface area contributed by atoms with Crippen molar-refractivity contribution < 1.29 is 14.6 Å². The molecule has 0 heterocycles. The quantitative estimate of drug-likeness (QED) is 0.475. The van der Waals surface area contributed by atoms with E-state index >= 15 is 0 Å². The van der Waals surface area contributed by atoms with Gasteiger partial charge in [0.05, 0.1) is 0 Å². The maximum Gasteiger partial charge on any atom is 0.335 e. The molecule has 2 aromatic carbocycles. The minimum atomic E-state index is -0.518. The Hall–Kier alpha value is -2.29. The van der Waals surface area contributed by atoms with E-state index in [1.807, 2.05) is 6.07 Å². The van der Waals surface area contributed by atoms with Gasteiger partial charge in [0, 0.05) is 16.8 Å². The van der Waals surface area contributed by atoms with Gasteiger partial charge in [0.15, 0.2) is 0 Å². The van der Waals surface area contributed by atoms with Crippen LogP contribution in [0.1, 0.15) is 0 Å². The molecule has 0 amide bonds. The zero-order valence-electron chi connectivity index (χ0n) is 8.51. The predicted molar refractivity (Wildman–Crippen MR) is 61.4 cm³/mol. The maximum absolute atomic E-state index is 11.1. The lowest BCUT2D eigenvalue weighted by molar-refractivity contribution is -0.128. The van der Waals surface area contributed by atoms with Crippen LogP contribution in [0.15, 0.2) is 49.1 Å². The van der Waals surface area contributed by atoms with Crippen molar-refractivity contribution in [1.29, 1.82) is 0 Å². The summed E-state index contributed by atoms with van der Waals surface area (Å²) in [6.45, 7) is 3.33. The molecule has 0 radical (unpaired) electrons. The molecule has 2 aromatic rings. The van der Waals surface area contributed by atoms with Gasteiger partial charge in [-0.1, -0.05) is 30.8 Å². The van der Waals surface area contributed by atoms with Crippen molar-refractivity contribution in [2.24, 2.45) is 0 Å². The normalized spacial score (nSPS) is 10.0. The topological polar surface area (TPSA) is 46.5 Å². The number of fused-ring (bicyclic) bond motifs is 1. The van der Waals surface area contributed by atoms with Crippen molar-refractivity contribution in [3.8, 4) is 11.5 Å². The molecule has 0 spiro atoms. The standard InChI is InChI=1S/C13H10O3/c1-2-13(15)16-12-8-7-11(14)9-5-3-4-6-10(9)12/h2-8,14H,1H2. The van der Waals surface area contributed by atoms with Crippen molar-refractivity contribution >= 4 is 16.7 Å². The van der Waals surface area contributed by atoms with Crippen LogP contribution < -0.4 is 4.74 Å². The van der Waals surface area contributed by atoms with E-state index in [0.29, 0.717) is 16.5 Å². The lowest BCUT2D eigenvalue weighted by Crippen LogP contribution is -2.03. The van der Waals surface area contributed by atoms with Crippen molar-refractivity contribution in [3.05, 3.63) is 49.1 Å². The number of carbonyl (C=O) groups excluding carboxylic acids is 1. The fraction of sp³-hybridized carbons (Fsp3) is 0. The Morgan fingerprint density at radius 2 is 1.88 bits per heavy atom. The van der Waals surface area contributed by atoms with Crippen LogP contribution >= 0.6 is 0 Å². The molecule has 16 heavy (non-hydrogen) atoms. The van der Waals surface area contributed by atoms with E-state index in [9.17, 15) is 9.90 Å². The zero-order valence-corrected chi connectivity index (χ0v) is 8.51. The summed E-state index contributed by atoms with van der Waals surface area (Å²) in [5, 5.41) is 11.0. The van der Waals surface area contributed by atoms with Gasteiger partial charge in [-0.05, 0) is 12.1 Å². The van der Waals surface area contributed by atoms with Gasteiger partial charge >= 0.3 is 5.97 Å². The molecule has 0 atom stereocenters. The van der Waals surface area contributed by atoms with Gasteiger partial charge in [0.2, 0.25) is 0 Å². The summed E-state index contributed by atoms with van der Waals surface area (Å²) < 4.78 is 5.06. The molecule has 2 rings (SSSR count). The van der Waals surface area contributed by atoms with Crippen LogP contribution in [0, 0.1) is 0 Å². The molecule has 0 fully saturated rings. The molecular formula is C13H10O3. The zero-order chi connectivity index (χ0) is 11.5. The number of esters is 1. The Morgan fingerprint density at radius 3 is 2.56 bits per heavy atom. The van der Waals surface area contributed by atoms with E-state index in [2.05, 4.69) is 6.58 Å². The van der Waals surface area contributed by atoms with Gasteiger partial charge in [-0.2, -0.15) is 0 Å². The Morgan fingerprint density at radius 1 is 1.19 bits per heavy atom. The average molecular weight is 214 g/mol. The molecule has 3 heteroatoms. The molecule has 0 bridgehead atoms. The maximum atomic E-state index is 11.1. The highest BCUT2D eigenvalue weighted by atomic mass is 16.5. The van der Waals surface area contributed by atoms with Crippen LogP contribution in [-0.2, 0) is 4.79 Å². The van der Waals surface area contributed by atoms with E-state index < -0.39 is 5.97 Å². The van der Waals surface area contributed by atoms with Gasteiger partial charge in [-0.25, -0.2) is 4.79 Å². The second-order valence-electron chi connectivity index (χ2n) is 3.25. The molecule has 1 N–H and O–H groups in total. The van der Waals surface area contributed by atoms with E-state index in [4.69, 9.17) is 4.74 Å². The van der Waals surface area contributed by atoms with Crippen LogP contribution in [0.4, 0.5) is 0 Å². The van der Waals surface area contributed by atoms with Gasteiger partial charge in [0.25, 0.3) is 0 Å². The first-order chi connectivity index (χ1) is 7.72. The van der Waals surface area contributed by atoms with Crippen molar-refractivity contribution in [3.63, 3.8) is 0 Å². The summed E-state index contributed by atoms with van der Waals surface area (Å²) in [6, 6.07) is 10.2. The van der Waals surface area contributed by atoms with Crippen LogP contribution in [0.3, 0.4) is 0 Å². The van der Waals surface area contributed by atoms with Crippen LogP contribution in [0.25, 0.3) is 10.8 Å². The molecule has 0 unspecified atom stereocenters. The summed E-state index contributed by atoms with van der Waals surface area (Å²) in [6.07, 6.45) is 1.10. The predicted octanol–water partition coefficient (Wildman–Crippen LogP) is 2.64. The highest BCUT2D eigenvalue weighted by Gasteiger charge is 2.07. The first kappa shape index (κ1) is 10.2. The monoisotopic (exact) mass is 214 g/mol. The minimum absolute atomic E-state index is 0.161. The molecular weight excluding hydrogens is 204 g/mol. The van der Waals surface area contributed by atoms with Crippen LogP contribution in [0.5, 0.6) is 11.5 Å². The summed E-state index contributed by atoms with van der Waals surface area (Å²) in [4.78, 5) is 11.1. The van der Waals surface area contributed by atoms with E-state index in [-0.39, 0.29) is 5.75 Å². The second-order valence-corrected chi connectivity index (χ2v) is 3.25. The summed E-state index contributed by atoms with van der Waals surface area (Å²) in [5.74, 6) is 0.0585. The third-order valence-electron chi connectivity index (χ3n) is 2.24. The lowest BCUT2D eigenvalue weighted by Gasteiger charge is -2.07. The van der Waals surface area contributed by atoms with E-state index in [1.54, 1.807) is 24.3 Å². The number of benzene rings is 2. The summed E-state index contributed by atoms with van der Waals surface area (Å²) >= 11 is 0. The number of hydrogen-bond acceptors (Lipinski definition) is 3. The number of phenolic OH excluding ortho intramolecular Hbond substituents is 1. The highest BCUT2D eigenvalue weighted by Crippen LogP contribution is 2.32. The van der Waals surface area contributed by atoms with Gasteiger partial charge in [-0.15, -0.1) is 0 Å². The number of rotatable bonds is 2. The smallest absolute Gasteiger partial charge is 0.335 e. The summed E-state index contributed by atoms with van der Waals surface area (Å²) in [5.41, 5.74) is 0. The second kappa shape index (κ2) is 4.06. The third kappa shape index (κ3) is 1.75. The molecule has 0 aliphatic rings. The molecule has 0 aromatic heterocycles. The first-order valence-corrected chi connectivity index (χ1v) is 4.77. The molecule has 0 aliphatic carbocycles. The SMILES string of the molecule is C=CC(=O)Oc1ccc(O)c2ccccc12. The first-order valence-electron chi connectivity index (χ1n) is 4.77. The molecule has 3 nitrogen and oxygen atoms in total. The Balaban J connectivity index is 2.58. The van der Waals surface area contributed by atoms with E-state index in [0.717, 1.165) is 6.08 Å². The summed E-state index contributed by atoms with van der Waals surface area (Å²) in [7, 11) is 0. The number of ether oxygens (including phenoxy) is 1. The van der Waals surface area contributed by atoms with Crippen molar-refractivity contribution in [2.75, 3.05) is 0 Å². The largest absolute Gasteiger partial charge is 0.507 e. The average Bonchev–Trinajstić information content (AvgIpc) is 2.33. The molecule has 80 valence electrons. The van der Waals surface area contributed by atoms with E-state index in [1.165, 1.54) is 6.07 Å². The Bertz CT molecular complexity index is 558. The molecule has 0 saturated carbocycles. The number of hydrogen-bond donors (Lipinski definition) is 1. The fourth-order valence-electron chi connectivity index (χ4n) is 1.49. The van der Waals surface area contributed by atoms with Crippen molar-refractivity contribution in [1.82, 2.24) is 0 Å². The lowest BCUT2D eigenvalue weighted by atomic mass is 10.1. The van der Waals surface area contributed by atoms with Crippen LogP contribution in [0.2, 0.25) is 0 Å². The van der Waals surface area contributed by atoms with Gasteiger partial charge in [-0.3, -0.25) is 0 Å². The van der Waals surface area contributed by atoms with Gasteiger partial charge < -0.3 is 9.84 Å². The van der Waals surface area contributed by atoms with Crippen LogP contribution in [-0.4, -0.2) is 11.1 Å². The fourth-order valence-corrected chi connectivity index (χ4v) is 1.49. The highest BCUT2D eigenvalue weighted by molar-refractivity contribution is 5.95. The van der Waals surface area contributed by atoms with Gasteiger partial charge in [0.1, 0.15) is 11.5 Å². The van der Waals surface area contributed by atoms with Crippen molar-refractivity contribution in [2.45, 2.75) is 0 Å². The number of phenols is 1. The molecule has 0 saturated heterocycles. The molecule has 0 aliphatic heterocycles. The number of carbonyl (C=O) groups is 1. The third-order valence-corrected chi connectivity index (χ3v) is 2.24.